The Morgan fingerprint density at radius 2 is 1.56 bits per heavy atom. The maximum absolute atomic E-state index is 13.0. The summed E-state index contributed by atoms with van der Waals surface area (Å²) < 4.78 is 1.99. The monoisotopic (exact) mass is 334 g/mol. The van der Waals surface area contributed by atoms with E-state index in [9.17, 15) is 9.59 Å². The van der Waals surface area contributed by atoms with E-state index in [0.29, 0.717) is 16.7 Å². The zero-order valence-electron chi connectivity index (χ0n) is 14.6. The van der Waals surface area contributed by atoms with Gasteiger partial charge in [-0.3, -0.25) is 9.59 Å². The number of carbonyl (C=O) groups is 1. The van der Waals surface area contributed by atoms with Gasteiger partial charge >= 0.3 is 0 Å². The van der Waals surface area contributed by atoms with Gasteiger partial charge in [0.2, 0.25) is 5.91 Å². The quantitative estimate of drug-likeness (QED) is 0.674. The van der Waals surface area contributed by atoms with Gasteiger partial charge in [-0.25, -0.2) is 0 Å². The van der Waals surface area contributed by atoms with Gasteiger partial charge in [0.05, 0.1) is 11.0 Å². The molecule has 0 N–H and O–H groups in total. The van der Waals surface area contributed by atoms with Crippen LogP contribution in [-0.4, -0.2) is 28.0 Å². The fourth-order valence-electron chi connectivity index (χ4n) is 4.12. The van der Waals surface area contributed by atoms with Crippen molar-refractivity contribution in [1.29, 1.82) is 0 Å². The van der Waals surface area contributed by atoms with Crippen molar-refractivity contribution in [2.45, 2.75) is 32.9 Å². The maximum atomic E-state index is 13.0. The van der Waals surface area contributed by atoms with Gasteiger partial charge in [0.25, 0.3) is 0 Å². The van der Waals surface area contributed by atoms with Crippen molar-refractivity contribution in [3.63, 3.8) is 0 Å². The van der Waals surface area contributed by atoms with E-state index in [0.717, 1.165) is 24.0 Å². The molecule has 4 nitrogen and oxygen atoms in total. The summed E-state index contributed by atoms with van der Waals surface area (Å²) in [5.74, 6) is 0.664. The molecule has 128 valence electrons. The van der Waals surface area contributed by atoms with E-state index in [2.05, 4.69) is 13.8 Å². The second kappa shape index (κ2) is 6.03. The molecule has 1 aliphatic heterocycles. The molecule has 0 saturated carbocycles. The van der Waals surface area contributed by atoms with E-state index >= 15 is 0 Å². The molecule has 2 aromatic carbocycles. The number of hydrogen-bond donors (Lipinski definition) is 0. The summed E-state index contributed by atoms with van der Waals surface area (Å²) in [6, 6.07) is 15.4. The van der Waals surface area contributed by atoms with Crippen LogP contribution < -0.4 is 5.43 Å². The van der Waals surface area contributed by atoms with Gasteiger partial charge in [-0.15, -0.1) is 0 Å². The summed E-state index contributed by atoms with van der Waals surface area (Å²) in [6.45, 7) is 5.38. The lowest BCUT2D eigenvalue weighted by Gasteiger charge is -2.23. The highest BCUT2D eigenvalue weighted by atomic mass is 16.2. The molecule has 3 aromatic rings. The largest absolute Gasteiger partial charge is 0.338 e. The van der Waals surface area contributed by atoms with Crippen molar-refractivity contribution < 1.29 is 4.79 Å². The summed E-state index contributed by atoms with van der Waals surface area (Å²) in [5, 5.41) is 1.33. The number of amides is 1. The summed E-state index contributed by atoms with van der Waals surface area (Å²) >= 11 is 0. The summed E-state index contributed by atoms with van der Waals surface area (Å²) in [4.78, 5) is 27.7. The number of pyridine rings is 1. The second-order valence-corrected chi connectivity index (χ2v) is 7.19. The minimum absolute atomic E-state index is 0.0260. The van der Waals surface area contributed by atoms with Gasteiger partial charge in [-0.05, 0) is 43.5 Å². The van der Waals surface area contributed by atoms with Gasteiger partial charge < -0.3 is 9.47 Å². The van der Waals surface area contributed by atoms with Crippen LogP contribution in [0.15, 0.2) is 53.3 Å². The van der Waals surface area contributed by atoms with Crippen LogP contribution in [0.5, 0.6) is 0 Å². The fourth-order valence-corrected chi connectivity index (χ4v) is 4.12. The van der Waals surface area contributed by atoms with Crippen LogP contribution in [0.2, 0.25) is 0 Å². The van der Waals surface area contributed by atoms with Gasteiger partial charge in [0, 0.05) is 23.4 Å². The molecule has 25 heavy (non-hydrogen) atoms. The van der Waals surface area contributed by atoms with Crippen LogP contribution in [0.25, 0.3) is 21.8 Å². The number of likely N-dealkylation sites (tertiary alicyclic amines) is 1. The lowest BCUT2D eigenvalue weighted by Crippen LogP contribution is -2.36. The highest BCUT2D eigenvalue weighted by Gasteiger charge is 2.30. The molecule has 0 unspecified atom stereocenters. The van der Waals surface area contributed by atoms with E-state index < -0.39 is 0 Å². The maximum Gasteiger partial charge on any atom is 0.242 e. The summed E-state index contributed by atoms with van der Waals surface area (Å²) in [5.41, 5.74) is 1.66. The molecule has 1 saturated heterocycles. The Kier molecular flexibility index (Phi) is 3.83. The van der Waals surface area contributed by atoms with Crippen molar-refractivity contribution >= 4 is 27.7 Å². The Hall–Kier alpha value is -2.62. The SMILES string of the molecule is C[C@H]1C[C@H](C)N(C(=O)Cn2c3ccccc3c(=O)c3ccccc32)C1. The zero-order valence-corrected chi connectivity index (χ0v) is 14.6. The third kappa shape index (κ3) is 2.62. The Bertz CT molecular complexity index is 961. The molecule has 4 rings (SSSR count). The van der Waals surface area contributed by atoms with Crippen LogP contribution in [-0.2, 0) is 11.3 Å². The molecule has 0 radical (unpaired) electrons. The molecule has 2 heterocycles. The first-order valence-electron chi connectivity index (χ1n) is 8.86. The number of aromatic nitrogens is 1. The van der Waals surface area contributed by atoms with Crippen molar-refractivity contribution in [2.24, 2.45) is 5.92 Å². The minimum Gasteiger partial charge on any atom is -0.338 e. The molecular weight excluding hydrogens is 312 g/mol. The highest BCUT2D eigenvalue weighted by molar-refractivity contribution is 5.94. The highest BCUT2D eigenvalue weighted by Crippen LogP contribution is 2.24. The second-order valence-electron chi connectivity index (χ2n) is 7.19. The predicted octanol–water partition coefficient (Wildman–Crippen LogP) is 3.41. The van der Waals surface area contributed by atoms with Crippen molar-refractivity contribution in [2.75, 3.05) is 6.54 Å². The van der Waals surface area contributed by atoms with E-state index in [1.807, 2.05) is 58.0 Å². The first-order chi connectivity index (χ1) is 12.1. The summed E-state index contributed by atoms with van der Waals surface area (Å²) in [6.07, 6.45) is 1.05. The predicted molar refractivity (Wildman–Crippen MR) is 101 cm³/mol. The standard InChI is InChI=1S/C21H22N2O2/c1-14-11-15(2)22(12-14)20(24)13-23-18-9-5-3-7-16(18)21(25)17-8-4-6-10-19(17)23/h3-10,14-15H,11-13H2,1-2H3/t14-,15-/m0/s1. The van der Waals surface area contributed by atoms with E-state index in [4.69, 9.17) is 0 Å². The Balaban J connectivity index is 1.87. The van der Waals surface area contributed by atoms with Crippen LogP contribution in [0.1, 0.15) is 20.3 Å². The van der Waals surface area contributed by atoms with Gasteiger partial charge in [-0.1, -0.05) is 31.2 Å². The lowest BCUT2D eigenvalue weighted by molar-refractivity contribution is -0.132. The van der Waals surface area contributed by atoms with Crippen LogP contribution in [0.4, 0.5) is 0 Å². The molecule has 1 aromatic heterocycles. The number of rotatable bonds is 2. The Morgan fingerprint density at radius 1 is 1.00 bits per heavy atom. The molecule has 1 fully saturated rings. The van der Waals surface area contributed by atoms with Gasteiger partial charge in [0.15, 0.2) is 5.43 Å². The third-order valence-corrected chi connectivity index (χ3v) is 5.28. The normalized spacial score (nSPS) is 20.5. The number of para-hydroxylation sites is 2. The van der Waals surface area contributed by atoms with Crippen LogP contribution >= 0.6 is 0 Å². The van der Waals surface area contributed by atoms with E-state index in [-0.39, 0.29) is 23.9 Å². The van der Waals surface area contributed by atoms with Crippen LogP contribution in [0.3, 0.4) is 0 Å². The average molecular weight is 334 g/mol. The molecule has 2 atom stereocenters. The van der Waals surface area contributed by atoms with E-state index in [1.54, 1.807) is 0 Å². The minimum atomic E-state index is 0.0260. The molecule has 0 spiro atoms. The molecular formula is C21H22N2O2. The third-order valence-electron chi connectivity index (χ3n) is 5.28. The fraction of sp³-hybridized carbons (Fsp3) is 0.333. The number of hydrogen-bond acceptors (Lipinski definition) is 2. The van der Waals surface area contributed by atoms with Crippen molar-refractivity contribution in [1.82, 2.24) is 9.47 Å². The summed E-state index contributed by atoms with van der Waals surface area (Å²) in [7, 11) is 0. The molecule has 4 heteroatoms. The van der Waals surface area contributed by atoms with Crippen molar-refractivity contribution in [3.05, 3.63) is 58.8 Å². The smallest absolute Gasteiger partial charge is 0.242 e. The first kappa shape index (κ1) is 15.9. The topological polar surface area (TPSA) is 42.3 Å². The number of benzene rings is 2. The molecule has 0 bridgehead atoms. The lowest BCUT2D eigenvalue weighted by atomic mass is 10.1. The van der Waals surface area contributed by atoms with E-state index in [1.165, 1.54) is 0 Å². The van der Waals surface area contributed by atoms with Gasteiger partial charge in [0.1, 0.15) is 6.54 Å². The van der Waals surface area contributed by atoms with Crippen LogP contribution in [0, 0.1) is 5.92 Å². The Labute approximate surface area is 146 Å². The zero-order chi connectivity index (χ0) is 17.6. The first-order valence-corrected chi connectivity index (χ1v) is 8.86. The number of carbonyl (C=O) groups excluding carboxylic acids is 1. The average Bonchev–Trinajstić information content (AvgIpc) is 2.97. The number of fused-ring (bicyclic) bond motifs is 2. The van der Waals surface area contributed by atoms with Gasteiger partial charge in [-0.2, -0.15) is 0 Å². The van der Waals surface area contributed by atoms with Crippen molar-refractivity contribution in [3.8, 4) is 0 Å². The molecule has 1 amide bonds. The molecule has 0 aliphatic carbocycles. The molecule has 1 aliphatic rings. The number of nitrogens with zero attached hydrogens (tertiary/aromatic N) is 2. The Morgan fingerprint density at radius 3 is 2.08 bits per heavy atom.